The number of aromatic nitrogens is 2. The summed E-state index contributed by atoms with van der Waals surface area (Å²) in [6.07, 6.45) is 5.49. The van der Waals surface area contributed by atoms with Gasteiger partial charge in [0.1, 0.15) is 0 Å². The Bertz CT molecular complexity index is 345. The van der Waals surface area contributed by atoms with E-state index in [1.165, 1.54) is 0 Å². The molecule has 0 saturated carbocycles. The van der Waals surface area contributed by atoms with Crippen molar-refractivity contribution in [1.82, 2.24) is 15.5 Å². The third-order valence-electron chi connectivity index (χ3n) is 2.64. The van der Waals surface area contributed by atoms with E-state index in [2.05, 4.69) is 45.6 Å². The largest absolute Gasteiger partial charge is 0.351 e. The second kappa shape index (κ2) is 5.61. The van der Waals surface area contributed by atoms with E-state index in [9.17, 15) is 0 Å². The first-order chi connectivity index (χ1) is 7.90. The Labute approximate surface area is 96.4 Å². The summed E-state index contributed by atoms with van der Waals surface area (Å²) in [5.41, 5.74) is 0.998. The summed E-state index contributed by atoms with van der Waals surface area (Å²) in [7, 11) is 0. The molecule has 1 aromatic heterocycles. The van der Waals surface area contributed by atoms with E-state index in [1.807, 2.05) is 6.07 Å². The molecule has 0 radical (unpaired) electrons. The summed E-state index contributed by atoms with van der Waals surface area (Å²) in [5, 5.41) is 11.7. The summed E-state index contributed by atoms with van der Waals surface area (Å²) >= 11 is 0. The second-order valence-corrected chi connectivity index (χ2v) is 3.87. The fraction of sp³-hybridized carbons (Fsp3) is 0.500. The lowest BCUT2D eigenvalue weighted by Gasteiger charge is -2.23. The molecule has 16 heavy (non-hydrogen) atoms. The molecule has 2 heterocycles. The van der Waals surface area contributed by atoms with Crippen molar-refractivity contribution in [2.24, 2.45) is 0 Å². The van der Waals surface area contributed by atoms with Crippen molar-refractivity contribution in [3.8, 4) is 0 Å². The number of nitrogens with one attached hydrogen (secondary N) is 1. The monoisotopic (exact) mass is 218 g/mol. The minimum atomic E-state index is 0.795. The number of nitrogens with zero attached hydrogens (tertiary/aromatic N) is 3. The molecule has 4 nitrogen and oxygen atoms in total. The van der Waals surface area contributed by atoms with Gasteiger partial charge in [-0.2, -0.15) is 5.10 Å². The standard InChI is InChI=1S/C12H18N4/c1-2-13-10-11-6-7-12(15-14-11)16-8-4-3-5-9-16/h3-4,6-7,13H,2,5,8-10H2,1H3. The molecular formula is C12H18N4. The van der Waals surface area contributed by atoms with Gasteiger partial charge in [0.2, 0.25) is 0 Å². The van der Waals surface area contributed by atoms with Gasteiger partial charge >= 0.3 is 0 Å². The molecule has 86 valence electrons. The van der Waals surface area contributed by atoms with Crippen molar-refractivity contribution in [2.45, 2.75) is 19.9 Å². The topological polar surface area (TPSA) is 41.0 Å². The highest BCUT2D eigenvalue weighted by molar-refractivity contribution is 5.39. The first kappa shape index (κ1) is 11.1. The second-order valence-electron chi connectivity index (χ2n) is 3.87. The average Bonchev–Trinajstić information content (AvgIpc) is 2.38. The van der Waals surface area contributed by atoms with Gasteiger partial charge in [-0.15, -0.1) is 5.10 Å². The van der Waals surface area contributed by atoms with Gasteiger partial charge in [-0.3, -0.25) is 0 Å². The fourth-order valence-corrected chi connectivity index (χ4v) is 1.72. The van der Waals surface area contributed by atoms with Gasteiger partial charge in [0.15, 0.2) is 5.82 Å². The maximum atomic E-state index is 4.26. The number of rotatable bonds is 4. The summed E-state index contributed by atoms with van der Waals surface area (Å²) in [4.78, 5) is 2.24. The molecule has 0 aromatic carbocycles. The third-order valence-corrected chi connectivity index (χ3v) is 2.64. The van der Waals surface area contributed by atoms with E-state index in [4.69, 9.17) is 0 Å². The molecule has 1 N–H and O–H groups in total. The molecule has 0 unspecified atom stereocenters. The first-order valence-corrected chi connectivity index (χ1v) is 5.83. The Morgan fingerprint density at radius 2 is 2.25 bits per heavy atom. The third kappa shape index (κ3) is 2.79. The average molecular weight is 218 g/mol. The molecule has 0 amide bonds. The smallest absolute Gasteiger partial charge is 0.151 e. The molecule has 0 fully saturated rings. The van der Waals surface area contributed by atoms with Crippen LogP contribution in [0.2, 0.25) is 0 Å². The molecule has 4 heteroatoms. The highest BCUT2D eigenvalue weighted by Crippen LogP contribution is 2.12. The molecule has 0 saturated heterocycles. The predicted molar refractivity (Wildman–Crippen MR) is 65.4 cm³/mol. The molecule has 2 rings (SSSR count). The van der Waals surface area contributed by atoms with Crippen LogP contribution >= 0.6 is 0 Å². The van der Waals surface area contributed by atoms with Crippen LogP contribution in [0.3, 0.4) is 0 Å². The number of hydrogen-bond acceptors (Lipinski definition) is 4. The maximum Gasteiger partial charge on any atom is 0.151 e. The minimum absolute atomic E-state index is 0.795. The SMILES string of the molecule is CCNCc1ccc(N2CC=CCC2)nn1. The summed E-state index contributed by atoms with van der Waals surface area (Å²) in [6, 6.07) is 4.10. The Hall–Kier alpha value is -1.42. The minimum Gasteiger partial charge on any atom is -0.351 e. The molecular weight excluding hydrogens is 200 g/mol. The van der Waals surface area contributed by atoms with Gasteiger partial charge in [-0.25, -0.2) is 0 Å². The number of anilines is 1. The van der Waals surface area contributed by atoms with Crippen LogP contribution in [0, 0.1) is 0 Å². The Kier molecular flexibility index (Phi) is 3.88. The van der Waals surface area contributed by atoms with E-state index in [-0.39, 0.29) is 0 Å². The van der Waals surface area contributed by atoms with Crippen molar-refractivity contribution in [3.63, 3.8) is 0 Å². The van der Waals surface area contributed by atoms with E-state index in [0.29, 0.717) is 0 Å². The van der Waals surface area contributed by atoms with Crippen molar-refractivity contribution >= 4 is 5.82 Å². The molecule has 1 aliphatic rings. The van der Waals surface area contributed by atoms with E-state index < -0.39 is 0 Å². The van der Waals surface area contributed by atoms with Crippen LogP contribution in [0.4, 0.5) is 5.82 Å². The molecule has 0 bridgehead atoms. The van der Waals surface area contributed by atoms with Crippen LogP contribution in [0.25, 0.3) is 0 Å². The van der Waals surface area contributed by atoms with Gasteiger partial charge in [0, 0.05) is 19.6 Å². The van der Waals surface area contributed by atoms with Crippen molar-refractivity contribution in [2.75, 3.05) is 24.5 Å². The van der Waals surface area contributed by atoms with Crippen LogP contribution in [0.5, 0.6) is 0 Å². The van der Waals surface area contributed by atoms with Crippen LogP contribution in [-0.2, 0) is 6.54 Å². The van der Waals surface area contributed by atoms with Gasteiger partial charge in [0.25, 0.3) is 0 Å². The zero-order valence-electron chi connectivity index (χ0n) is 9.69. The van der Waals surface area contributed by atoms with Crippen LogP contribution < -0.4 is 10.2 Å². The predicted octanol–water partition coefficient (Wildman–Crippen LogP) is 1.35. The van der Waals surface area contributed by atoms with E-state index in [0.717, 1.165) is 44.1 Å². The summed E-state index contributed by atoms with van der Waals surface area (Å²) < 4.78 is 0. The molecule has 1 aliphatic heterocycles. The lowest BCUT2D eigenvalue weighted by atomic mass is 10.2. The van der Waals surface area contributed by atoms with Crippen LogP contribution in [0.1, 0.15) is 19.0 Å². The van der Waals surface area contributed by atoms with Gasteiger partial charge in [-0.05, 0) is 25.1 Å². The lowest BCUT2D eigenvalue weighted by Crippen LogP contribution is -2.28. The Morgan fingerprint density at radius 3 is 2.88 bits per heavy atom. The molecule has 0 aliphatic carbocycles. The molecule has 1 aromatic rings. The zero-order valence-corrected chi connectivity index (χ0v) is 9.69. The van der Waals surface area contributed by atoms with Crippen molar-refractivity contribution in [1.29, 1.82) is 0 Å². The Morgan fingerprint density at radius 1 is 1.31 bits per heavy atom. The van der Waals surface area contributed by atoms with Gasteiger partial charge in [0.05, 0.1) is 5.69 Å². The van der Waals surface area contributed by atoms with Gasteiger partial charge in [-0.1, -0.05) is 19.1 Å². The first-order valence-electron chi connectivity index (χ1n) is 5.83. The quantitative estimate of drug-likeness (QED) is 0.775. The van der Waals surface area contributed by atoms with Gasteiger partial charge < -0.3 is 10.2 Å². The number of hydrogen-bond donors (Lipinski definition) is 1. The fourth-order valence-electron chi connectivity index (χ4n) is 1.72. The zero-order chi connectivity index (χ0) is 11.2. The van der Waals surface area contributed by atoms with Crippen molar-refractivity contribution < 1.29 is 0 Å². The normalized spacial score (nSPS) is 15.4. The lowest BCUT2D eigenvalue weighted by molar-refractivity contribution is 0.694. The van der Waals surface area contributed by atoms with Crippen molar-refractivity contribution in [3.05, 3.63) is 30.0 Å². The molecule has 0 spiro atoms. The highest BCUT2D eigenvalue weighted by atomic mass is 15.3. The van der Waals surface area contributed by atoms with Crippen LogP contribution in [-0.4, -0.2) is 29.8 Å². The maximum absolute atomic E-state index is 4.26. The molecule has 0 atom stereocenters. The summed E-state index contributed by atoms with van der Waals surface area (Å²) in [5.74, 6) is 0.976. The Balaban J connectivity index is 1.98. The van der Waals surface area contributed by atoms with Crippen LogP contribution in [0.15, 0.2) is 24.3 Å². The van der Waals surface area contributed by atoms with E-state index >= 15 is 0 Å². The summed E-state index contributed by atoms with van der Waals surface area (Å²) in [6.45, 7) is 5.82. The van der Waals surface area contributed by atoms with E-state index in [1.54, 1.807) is 0 Å². The highest BCUT2D eigenvalue weighted by Gasteiger charge is 2.08.